The van der Waals surface area contributed by atoms with Crippen LogP contribution < -0.4 is 10.1 Å². The zero-order valence-electron chi connectivity index (χ0n) is 12.3. The first kappa shape index (κ1) is 15.5. The van der Waals surface area contributed by atoms with Crippen LogP contribution >= 0.6 is 0 Å². The summed E-state index contributed by atoms with van der Waals surface area (Å²) in [6, 6.07) is 5.84. The summed E-state index contributed by atoms with van der Waals surface area (Å²) >= 11 is 0. The Kier molecular flexibility index (Phi) is 6.36. The number of rotatable bonds is 7. The van der Waals surface area contributed by atoms with Gasteiger partial charge in [-0.15, -0.1) is 0 Å². The van der Waals surface area contributed by atoms with Gasteiger partial charge < -0.3 is 15.0 Å². The second-order valence-corrected chi connectivity index (χ2v) is 5.04. The lowest BCUT2D eigenvalue weighted by Gasteiger charge is -2.11. The van der Waals surface area contributed by atoms with Crippen LogP contribution in [-0.2, 0) is 4.79 Å². The van der Waals surface area contributed by atoms with Crippen molar-refractivity contribution in [1.29, 1.82) is 0 Å². The van der Waals surface area contributed by atoms with Crippen molar-refractivity contribution >= 4 is 5.91 Å². The number of benzene rings is 1. The highest BCUT2D eigenvalue weighted by molar-refractivity contribution is 5.77. The standard InChI is InChI=1S/C15H24N2O2/c1-12-6-7-14(10-13(12)2)19-11-15(18)16-8-5-9-17(3)4/h6-7,10H,5,8-9,11H2,1-4H3,(H,16,18). The lowest BCUT2D eigenvalue weighted by atomic mass is 10.1. The van der Waals surface area contributed by atoms with Gasteiger partial charge in [-0.1, -0.05) is 6.07 Å². The van der Waals surface area contributed by atoms with E-state index in [-0.39, 0.29) is 12.5 Å². The van der Waals surface area contributed by atoms with Crippen LogP contribution in [0.3, 0.4) is 0 Å². The highest BCUT2D eigenvalue weighted by Crippen LogP contribution is 2.16. The minimum atomic E-state index is -0.0722. The molecule has 4 nitrogen and oxygen atoms in total. The monoisotopic (exact) mass is 264 g/mol. The van der Waals surface area contributed by atoms with E-state index in [0.29, 0.717) is 6.54 Å². The van der Waals surface area contributed by atoms with Gasteiger partial charge in [0.15, 0.2) is 6.61 Å². The maximum Gasteiger partial charge on any atom is 0.257 e. The van der Waals surface area contributed by atoms with Gasteiger partial charge in [0, 0.05) is 6.54 Å². The Morgan fingerprint density at radius 2 is 2.00 bits per heavy atom. The summed E-state index contributed by atoms with van der Waals surface area (Å²) in [4.78, 5) is 13.7. The third-order valence-electron chi connectivity index (χ3n) is 2.95. The van der Waals surface area contributed by atoms with Crippen molar-refractivity contribution in [2.75, 3.05) is 33.8 Å². The van der Waals surface area contributed by atoms with Gasteiger partial charge in [0.05, 0.1) is 0 Å². The number of amides is 1. The average Bonchev–Trinajstić information content (AvgIpc) is 2.36. The van der Waals surface area contributed by atoms with E-state index in [1.54, 1.807) is 0 Å². The third kappa shape index (κ3) is 6.25. The van der Waals surface area contributed by atoms with Crippen LogP contribution in [0.25, 0.3) is 0 Å². The molecule has 0 fully saturated rings. The molecule has 0 aliphatic heterocycles. The summed E-state index contributed by atoms with van der Waals surface area (Å²) < 4.78 is 5.46. The zero-order chi connectivity index (χ0) is 14.3. The minimum Gasteiger partial charge on any atom is -0.484 e. The normalized spacial score (nSPS) is 10.6. The molecule has 1 aromatic carbocycles. The number of aryl methyl sites for hydroxylation is 2. The van der Waals surface area contributed by atoms with Crippen molar-refractivity contribution in [3.63, 3.8) is 0 Å². The fraction of sp³-hybridized carbons (Fsp3) is 0.533. The van der Waals surface area contributed by atoms with Crippen molar-refractivity contribution in [1.82, 2.24) is 10.2 Å². The Hall–Kier alpha value is -1.55. The average molecular weight is 264 g/mol. The van der Waals surface area contributed by atoms with Crippen LogP contribution in [0.4, 0.5) is 0 Å². The first-order valence-electron chi connectivity index (χ1n) is 6.60. The van der Waals surface area contributed by atoms with Crippen LogP contribution in [0.15, 0.2) is 18.2 Å². The van der Waals surface area contributed by atoms with Crippen LogP contribution in [0, 0.1) is 13.8 Å². The molecule has 4 heteroatoms. The van der Waals surface area contributed by atoms with Crippen LogP contribution in [0.1, 0.15) is 17.5 Å². The van der Waals surface area contributed by atoms with E-state index < -0.39 is 0 Å². The zero-order valence-corrected chi connectivity index (χ0v) is 12.3. The molecule has 1 rings (SSSR count). The summed E-state index contributed by atoms with van der Waals surface area (Å²) in [6.07, 6.45) is 0.947. The van der Waals surface area contributed by atoms with Gasteiger partial charge in [0.25, 0.3) is 5.91 Å². The van der Waals surface area contributed by atoms with Gasteiger partial charge in [-0.05, 0) is 64.2 Å². The number of carbonyl (C=O) groups is 1. The number of nitrogens with one attached hydrogen (secondary N) is 1. The van der Waals surface area contributed by atoms with Crippen LogP contribution in [-0.4, -0.2) is 44.6 Å². The molecule has 0 radical (unpaired) electrons. The Morgan fingerprint density at radius 3 is 2.63 bits per heavy atom. The van der Waals surface area contributed by atoms with E-state index in [0.717, 1.165) is 18.7 Å². The number of hydrogen-bond donors (Lipinski definition) is 1. The molecule has 0 aromatic heterocycles. The van der Waals surface area contributed by atoms with E-state index in [1.807, 2.05) is 39.2 Å². The Balaban J connectivity index is 2.24. The SMILES string of the molecule is Cc1ccc(OCC(=O)NCCCN(C)C)cc1C. The molecule has 0 atom stereocenters. The van der Waals surface area contributed by atoms with E-state index in [9.17, 15) is 4.79 Å². The van der Waals surface area contributed by atoms with Gasteiger partial charge in [0.1, 0.15) is 5.75 Å². The maximum atomic E-state index is 11.6. The fourth-order valence-electron chi connectivity index (χ4n) is 1.63. The molecule has 0 aliphatic carbocycles. The predicted molar refractivity (Wildman–Crippen MR) is 77.6 cm³/mol. The molecule has 0 aliphatic rings. The summed E-state index contributed by atoms with van der Waals surface area (Å²) in [6.45, 7) is 5.82. The molecular formula is C15H24N2O2. The Labute approximate surface area is 115 Å². The molecule has 0 unspecified atom stereocenters. The van der Waals surface area contributed by atoms with Crippen molar-refractivity contribution < 1.29 is 9.53 Å². The number of carbonyl (C=O) groups excluding carboxylic acids is 1. The molecule has 1 N–H and O–H groups in total. The number of nitrogens with zero attached hydrogens (tertiary/aromatic N) is 1. The first-order chi connectivity index (χ1) is 8.99. The fourth-order valence-corrected chi connectivity index (χ4v) is 1.63. The minimum absolute atomic E-state index is 0.0722. The van der Waals surface area contributed by atoms with Gasteiger partial charge >= 0.3 is 0 Å². The molecule has 0 heterocycles. The topological polar surface area (TPSA) is 41.6 Å². The number of hydrogen-bond acceptors (Lipinski definition) is 3. The second kappa shape index (κ2) is 7.79. The largest absolute Gasteiger partial charge is 0.484 e. The second-order valence-electron chi connectivity index (χ2n) is 5.04. The molecule has 0 spiro atoms. The van der Waals surface area contributed by atoms with E-state index in [4.69, 9.17) is 4.74 Å². The van der Waals surface area contributed by atoms with Crippen molar-refractivity contribution in [3.8, 4) is 5.75 Å². The van der Waals surface area contributed by atoms with Gasteiger partial charge in [-0.25, -0.2) is 0 Å². The molecule has 0 bridgehead atoms. The molecule has 106 valence electrons. The van der Waals surface area contributed by atoms with Crippen molar-refractivity contribution in [2.24, 2.45) is 0 Å². The smallest absolute Gasteiger partial charge is 0.257 e. The Bertz CT molecular complexity index is 417. The highest BCUT2D eigenvalue weighted by Gasteiger charge is 2.03. The molecule has 0 saturated carbocycles. The van der Waals surface area contributed by atoms with Crippen molar-refractivity contribution in [3.05, 3.63) is 29.3 Å². The maximum absolute atomic E-state index is 11.6. The molecule has 0 saturated heterocycles. The van der Waals surface area contributed by atoms with Gasteiger partial charge in [-0.3, -0.25) is 4.79 Å². The summed E-state index contributed by atoms with van der Waals surface area (Å²) in [5.41, 5.74) is 2.39. The lowest BCUT2D eigenvalue weighted by molar-refractivity contribution is -0.123. The lowest BCUT2D eigenvalue weighted by Crippen LogP contribution is -2.31. The summed E-state index contributed by atoms with van der Waals surface area (Å²) in [5.74, 6) is 0.670. The van der Waals surface area contributed by atoms with Gasteiger partial charge in [0.2, 0.25) is 0 Å². The quantitative estimate of drug-likeness (QED) is 0.763. The van der Waals surface area contributed by atoms with Gasteiger partial charge in [-0.2, -0.15) is 0 Å². The summed E-state index contributed by atoms with van der Waals surface area (Å²) in [5, 5.41) is 2.84. The highest BCUT2D eigenvalue weighted by atomic mass is 16.5. The van der Waals surface area contributed by atoms with E-state index in [1.165, 1.54) is 11.1 Å². The van der Waals surface area contributed by atoms with Crippen LogP contribution in [0.2, 0.25) is 0 Å². The summed E-state index contributed by atoms with van der Waals surface area (Å²) in [7, 11) is 4.04. The Morgan fingerprint density at radius 1 is 1.26 bits per heavy atom. The predicted octanol–water partition coefficient (Wildman–Crippen LogP) is 1.75. The molecule has 1 amide bonds. The van der Waals surface area contributed by atoms with Crippen LogP contribution in [0.5, 0.6) is 5.75 Å². The molecule has 19 heavy (non-hydrogen) atoms. The third-order valence-corrected chi connectivity index (χ3v) is 2.95. The van der Waals surface area contributed by atoms with E-state index >= 15 is 0 Å². The van der Waals surface area contributed by atoms with Crippen molar-refractivity contribution in [2.45, 2.75) is 20.3 Å². The van der Waals surface area contributed by atoms with E-state index in [2.05, 4.69) is 17.1 Å². The molecular weight excluding hydrogens is 240 g/mol. The molecule has 1 aromatic rings. The number of ether oxygens (including phenoxy) is 1. The first-order valence-corrected chi connectivity index (χ1v) is 6.60.